The Kier molecular flexibility index (Phi) is 7.94. The van der Waals surface area contributed by atoms with Gasteiger partial charge in [-0.3, -0.25) is 4.79 Å². The molecule has 3 heteroatoms. The molecule has 13 heavy (non-hydrogen) atoms. The van der Waals surface area contributed by atoms with E-state index in [1.165, 1.54) is 0 Å². The smallest absolute Gasteiger partial charge is 0.132 e. The average molecular weight is 187 g/mol. The van der Waals surface area contributed by atoms with Crippen molar-refractivity contribution in [2.45, 2.75) is 33.1 Å². The number of nitrogens with zero attached hydrogens (tertiary/aromatic N) is 1. The summed E-state index contributed by atoms with van der Waals surface area (Å²) in [6, 6.07) is 0. The van der Waals surface area contributed by atoms with E-state index in [0.717, 1.165) is 26.1 Å². The van der Waals surface area contributed by atoms with Gasteiger partial charge in [-0.05, 0) is 19.5 Å². The van der Waals surface area contributed by atoms with Crippen LogP contribution in [0.4, 0.5) is 0 Å². The molecule has 0 saturated heterocycles. The molecule has 0 aliphatic carbocycles. The molecular weight excluding hydrogens is 166 g/mol. The predicted molar refractivity (Wildman–Crippen MR) is 53.7 cm³/mol. The highest BCUT2D eigenvalue weighted by molar-refractivity contribution is 5.77. The quantitative estimate of drug-likeness (QED) is 0.617. The van der Waals surface area contributed by atoms with Crippen molar-refractivity contribution in [1.82, 2.24) is 4.90 Å². The molecule has 0 spiro atoms. The minimum absolute atomic E-state index is 0.204. The number of carbonyl (C=O) groups is 1. The van der Waals surface area contributed by atoms with Crippen molar-refractivity contribution < 1.29 is 9.90 Å². The molecule has 0 aliphatic rings. The maximum absolute atomic E-state index is 11.0. The number of carbonyl (C=O) groups excluding carboxylic acids is 1. The minimum Gasteiger partial charge on any atom is -0.395 e. The van der Waals surface area contributed by atoms with Crippen LogP contribution in [0.5, 0.6) is 0 Å². The van der Waals surface area contributed by atoms with Crippen LogP contribution in [0.1, 0.15) is 33.1 Å². The summed E-state index contributed by atoms with van der Waals surface area (Å²) in [4.78, 5) is 13.1. The molecular formula is C10H21NO2. The molecule has 0 amide bonds. The summed E-state index contributed by atoms with van der Waals surface area (Å²) in [7, 11) is 0. The zero-order chi connectivity index (χ0) is 10.1. The first kappa shape index (κ1) is 12.6. The van der Waals surface area contributed by atoms with Crippen LogP contribution >= 0.6 is 0 Å². The fourth-order valence-corrected chi connectivity index (χ4v) is 1.25. The Balaban J connectivity index is 3.42. The van der Waals surface area contributed by atoms with Gasteiger partial charge in [0.25, 0.3) is 0 Å². The summed E-state index contributed by atoms with van der Waals surface area (Å²) in [6.07, 6.45) is 2.24. The van der Waals surface area contributed by atoms with Crippen molar-refractivity contribution >= 4 is 5.78 Å². The van der Waals surface area contributed by atoms with Crippen LogP contribution in [0.2, 0.25) is 0 Å². The Labute approximate surface area is 80.7 Å². The van der Waals surface area contributed by atoms with Gasteiger partial charge < -0.3 is 10.0 Å². The number of hydrogen-bond donors (Lipinski definition) is 1. The Hall–Kier alpha value is -0.410. The summed E-state index contributed by atoms with van der Waals surface area (Å²) in [5.74, 6) is 0.333. The van der Waals surface area contributed by atoms with Crippen LogP contribution < -0.4 is 0 Å². The van der Waals surface area contributed by atoms with Crippen molar-refractivity contribution in [3.63, 3.8) is 0 Å². The normalized spacial score (nSPS) is 10.8. The number of likely N-dealkylation sites (N-methyl/N-ethyl adjacent to an activating group) is 1. The van der Waals surface area contributed by atoms with E-state index in [4.69, 9.17) is 5.11 Å². The van der Waals surface area contributed by atoms with E-state index in [1.54, 1.807) is 0 Å². The lowest BCUT2D eigenvalue weighted by molar-refractivity contribution is -0.118. The minimum atomic E-state index is 0.204. The molecule has 1 N–H and O–H groups in total. The fraction of sp³-hybridized carbons (Fsp3) is 0.900. The van der Waals surface area contributed by atoms with E-state index in [1.807, 2.05) is 6.92 Å². The highest BCUT2D eigenvalue weighted by Gasteiger charge is 2.02. The van der Waals surface area contributed by atoms with Gasteiger partial charge in [0, 0.05) is 19.4 Å². The topological polar surface area (TPSA) is 40.5 Å². The standard InChI is InChI=1S/C10H21NO2/c1-3-10(13)6-5-7-11(4-2)8-9-12/h12H,3-9H2,1-2H3. The van der Waals surface area contributed by atoms with Crippen molar-refractivity contribution in [2.75, 3.05) is 26.2 Å². The first-order chi connectivity index (χ1) is 6.24. The molecule has 3 nitrogen and oxygen atoms in total. The van der Waals surface area contributed by atoms with Crippen LogP contribution in [-0.2, 0) is 4.79 Å². The monoisotopic (exact) mass is 187 g/mol. The number of ketones is 1. The molecule has 0 aromatic rings. The lowest BCUT2D eigenvalue weighted by Gasteiger charge is -2.18. The lowest BCUT2D eigenvalue weighted by atomic mass is 10.2. The van der Waals surface area contributed by atoms with Crippen molar-refractivity contribution in [1.29, 1.82) is 0 Å². The van der Waals surface area contributed by atoms with Gasteiger partial charge in [0.2, 0.25) is 0 Å². The summed E-state index contributed by atoms with van der Waals surface area (Å²) >= 11 is 0. The number of Topliss-reactive ketones (excluding diaryl/α,β-unsaturated/α-hetero) is 1. The van der Waals surface area contributed by atoms with Crippen LogP contribution in [0, 0.1) is 0 Å². The summed E-state index contributed by atoms with van der Waals surface area (Å²) < 4.78 is 0. The Morgan fingerprint density at radius 1 is 1.31 bits per heavy atom. The van der Waals surface area contributed by atoms with Crippen molar-refractivity contribution in [2.24, 2.45) is 0 Å². The summed E-state index contributed by atoms with van der Waals surface area (Å²) in [5.41, 5.74) is 0. The maximum atomic E-state index is 11.0. The van der Waals surface area contributed by atoms with Crippen LogP contribution in [0.3, 0.4) is 0 Å². The van der Waals surface area contributed by atoms with Crippen molar-refractivity contribution in [3.05, 3.63) is 0 Å². The van der Waals surface area contributed by atoms with Gasteiger partial charge >= 0.3 is 0 Å². The highest BCUT2D eigenvalue weighted by atomic mass is 16.3. The fourth-order valence-electron chi connectivity index (χ4n) is 1.25. The first-order valence-corrected chi connectivity index (χ1v) is 5.09. The van der Waals surface area contributed by atoms with Gasteiger partial charge in [0.15, 0.2) is 0 Å². The van der Waals surface area contributed by atoms with E-state index in [2.05, 4.69) is 11.8 Å². The molecule has 0 unspecified atom stereocenters. The van der Waals surface area contributed by atoms with Crippen LogP contribution in [-0.4, -0.2) is 42.0 Å². The molecule has 0 bridgehead atoms. The molecule has 0 rings (SSSR count). The largest absolute Gasteiger partial charge is 0.395 e. The van der Waals surface area contributed by atoms with Gasteiger partial charge in [0.1, 0.15) is 5.78 Å². The first-order valence-electron chi connectivity index (χ1n) is 5.09. The SMILES string of the molecule is CCC(=O)CCCN(CC)CCO. The zero-order valence-corrected chi connectivity index (χ0v) is 8.75. The second kappa shape index (κ2) is 8.20. The molecule has 0 aromatic carbocycles. The van der Waals surface area contributed by atoms with Gasteiger partial charge in [-0.2, -0.15) is 0 Å². The second-order valence-electron chi connectivity index (χ2n) is 3.15. The third-order valence-corrected chi connectivity index (χ3v) is 2.19. The maximum Gasteiger partial charge on any atom is 0.132 e. The number of aliphatic hydroxyl groups excluding tert-OH is 1. The Morgan fingerprint density at radius 2 is 2.00 bits per heavy atom. The predicted octanol–water partition coefficient (Wildman–Crippen LogP) is 1.06. The van der Waals surface area contributed by atoms with E-state index in [9.17, 15) is 4.79 Å². The average Bonchev–Trinajstić information content (AvgIpc) is 2.16. The molecule has 0 fully saturated rings. The van der Waals surface area contributed by atoms with Crippen molar-refractivity contribution in [3.8, 4) is 0 Å². The number of hydrogen-bond acceptors (Lipinski definition) is 3. The van der Waals surface area contributed by atoms with E-state index >= 15 is 0 Å². The zero-order valence-electron chi connectivity index (χ0n) is 8.75. The lowest BCUT2D eigenvalue weighted by Crippen LogP contribution is -2.28. The molecule has 0 saturated carbocycles. The van der Waals surface area contributed by atoms with E-state index in [-0.39, 0.29) is 6.61 Å². The molecule has 0 atom stereocenters. The van der Waals surface area contributed by atoms with Gasteiger partial charge in [-0.1, -0.05) is 13.8 Å². The number of rotatable bonds is 8. The highest BCUT2D eigenvalue weighted by Crippen LogP contribution is 1.97. The molecule has 0 aliphatic heterocycles. The third-order valence-electron chi connectivity index (χ3n) is 2.19. The molecule has 78 valence electrons. The van der Waals surface area contributed by atoms with Crippen LogP contribution in [0.15, 0.2) is 0 Å². The number of aliphatic hydroxyl groups is 1. The second-order valence-corrected chi connectivity index (χ2v) is 3.15. The van der Waals surface area contributed by atoms with E-state index in [0.29, 0.717) is 18.6 Å². The summed E-state index contributed by atoms with van der Waals surface area (Å²) in [6.45, 7) is 6.75. The Morgan fingerprint density at radius 3 is 2.46 bits per heavy atom. The van der Waals surface area contributed by atoms with Gasteiger partial charge in [-0.25, -0.2) is 0 Å². The van der Waals surface area contributed by atoms with Gasteiger partial charge in [-0.15, -0.1) is 0 Å². The van der Waals surface area contributed by atoms with Crippen LogP contribution in [0.25, 0.3) is 0 Å². The molecule has 0 radical (unpaired) electrons. The Bertz CT molecular complexity index is 137. The summed E-state index contributed by atoms with van der Waals surface area (Å²) in [5, 5.41) is 8.71. The molecule has 0 aromatic heterocycles. The molecule has 0 heterocycles. The van der Waals surface area contributed by atoms with Gasteiger partial charge in [0.05, 0.1) is 6.61 Å². The van der Waals surface area contributed by atoms with E-state index < -0.39 is 0 Å². The third kappa shape index (κ3) is 6.72.